The monoisotopic (exact) mass is 305 g/mol. The van der Waals surface area contributed by atoms with Crippen LogP contribution in [0.5, 0.6) is 11.5 Å². The Kier molecular flexibility index (Phi) is 4.67. The maximum atomic E-state index is 5.61. The van der Waals surface area contributed by atoms with Crippen LogP contribution in [0.3, 0.4) is 0 Å². The van der Waals surface area contributed by atoms with Gasteiger partial charge in [0.15, 0.2) is 11.5 Å². The lowest BCUT2D eigenvalue weighted by atomic mass is 10.2. The number of ether oxygens (including phenoxy) is 2. The topological polar surface area (TPSA) is 56.3 Å². The van der Waals surface area contributed by atoms with Crippen molar-refractivity contribution in [3.8, 4) is 22.1 Å². The Morgan fingerprint density at radius 2 is 2.05 bits per heavy atom. The predicted molar refractivity (Wildman–Crippen MR) is 83.2 cm³/mol. The predicted octanol–water partition coefficient (Wildman–Crippen LogP) is 2.52. The van der Waals surface area contributed by atoms with Crippen molar-refractivity contribution in [2.24, 2.45) is 0 Å². The van der Waals surface area contributed by atoms with Crippen molar-refractivity contribution in [1.29, 1.82) is 0 Å². The van der Waals surface area contributed by atoms with Crippen molar-refractivity contribution < 1.29 is 9.47 Å². The molecule has 0 saturated carbocycles. The van der Waals surface area contributed by atoms with Gasteiger partial charge in [-0.1, -0.05) is 18.3 Å². The van der Waals surface area contributed by atoms with Crippen molar-refractivity contribution in [3.63, 3.8) is 0 Å². The highest BCUT2D eigenvalue weighted by Crippen LogP contribution is 2.35. The molecule has 1 aromatic heterocycles. The van der Waals surface area contributed by atoms with Gasteiger partial charge in [0.25, 0.3) is 0 Å². The summed E-state index contributed by atoms with van der Waals surface area (Å²) in [7, 11) is 0. The fraction of sp³-hybridized carbons (Fsp3) is 0.467. The van der Waals surface area contributed by atoms with E-state index < -0.39 is 0 Å². The molecule has 0 radical (unpaired) electrons. The number of fused-ring (bicyclic) bond motifs is 1. The molecule has 0 atom stereocenters. The lowest BCUT2D eigenvalue weighted by molar-refractivity contribution is 0.171. The van der Waals surface area contributed by atoms with Crippen LogP contribution in [0.1, 0.15) is 18.4 Å². The molecule has 2 aromatic rings. The minimum absolute atomic E-state index is 0.599. The van der Waals surface area contributed by atoms with Crippen LogP contribution < -0.4 is 14.8 Å². The zero-order valence-corrected chi connectivity index (χ0v) is 12.9. The lowest BCUT2D eigenvalue weighted by Gasteiger charge is -2.18. The second-order valence-electron chi connectivity index (χ2n) is 4.82. The summed E-state index contributed by atoms with van der Waals surface area (Å²) in [5.41, 5.74) is 1.04. The van der Waals surface area contributed by atoms with Gasteiger partial charge in [-0.05, 0) is 37.7 Å². The molecule has 0 saturated heterocycles. The highest BCUT2D eigenvalue weighted by Gasteiger charge is 2.14. The van der Waals surface area contributed by atoms with Gasteiger partial charge in [0, 0.05) is 12.0 Å². The van der Waals surface area contributed by atoms with Crippen LogP contribution in [0.4, 0.5) is 0 Å². The number of benzene rings is 1. The second-order valence-corrected chi connectivity index (χ2v) is 5.88. The fourth-order valence-corrected chi connectivity index (χ4v) is 3.07. The maximum Gasteiger partial charge on any atom is 0.162 e. The summed E-state index contributed by atoms with van der Waals surface area (Å²) in [5, 5.41) is 13.9. The third-order valence-corrected chi connectivity index (χ3v) is 4.28. The molecule has 0 bridgehead atoms. The minimum Gasteiger partial charge on any atom is -0.486 e. The van der Waals surface area contributed by atoms with Gasteiger partial charge in [-0.25, -0.2) is 0 Å². The van der Waals surface area contributed by atoms with Gasteiger partial charge in [0.2, 0.25) is 0 Å². The average molecular weight is 305 g/mol. The van der Waals surface area contributed by atoms with Gasteiger partial charge < -0.3 is 14.8 Å². The number of rotatable bonds is 6. The number of hydrogen-bond acceptors (Lipinski definition) is 6. The van der Waals surface area contributed by atoms with Gasteiger partial charge in [-0.2, -0.15) is 0 Å². The molecular formula is C15H19N3O2S. The van der Waals surface area contributed by atoms with Crippen molar-refractivity contribution in [2.45, 2.75) is 19.8 Å². The Labute approximate surface area is 128 Å². The largest absolute Gasteiger partial charge is 0.486 e. The third-order valence-electron chi connectivity index (χ3n) is 3.25. The fourth-order valence-electron chi connectivity index (χ4n) is 2.19. The van der Waals surface area contributed by atoms with E-state index in [1.54, 1.807) is 11.3 Å². The van der Waals surface area contributed by atoms with Gasteiger partial charge in [0.05, 0.1) is 0 Å². The van der Waals surface area contributed by atoms with Gasteiger partial charge in [0.1, 0.15) is 23.2 Å². The molecule has 0 spiro atoms. The average Bonchev–Trinajstić information content (AvgIpc) is 3.00. The van der Waals surface area contributed by atoms with Gasteiger partial charge >= 0.3 is 0 Å². The molecule has 2 heterocycles. The molecule has 0 unspecified atom stereocenters. The van der Waals surface area contributed by atoms with E-state index >= 15 is 0 Å². The summed E-state index contributed by atoms with van der Waals surface area (Å²) in [6.07, 6.45) is 2.05. The van der Waals surface area contributed by atoms with Crippen LogP contribution in [-0.2, 0) is 6.42 Å². The smallest absolute Gasteiger partial charge is 0.162 e. The van der Waals surface area contributed by atoms with E-state index in [0.717, 1.165) is 53.0 Å². The Hall–Kier alpha value is -1.66. The lowest BCUT2D eigenvalue weighted by Crippen LogP contribution is -2.15. The first kappa shape index (κ1) is 14.3. The van der Waals surface area contributed by atoms with E-state index in [2.05, 4.69) is 22.4 Å². The molecule has 1 aliphatic rings. The molecular weight excluding hydrogens is 286 g/mol. The Bertz CT molecular complexity index is 600. The van der Waals surface area contributed by atoms with Gasteiger partial charge in [-0.15, -0.1) is 10.2 Å². The Morgan fingerprint density at radius 1 is 1.19 bits per heavy atom. The Morgan fingerprint density at radius 3 is 2.90 bits per heavy atom. The van der Waals surface area contributed by atoms with E-state index in [1.807, 2.05) is 18.2 Å². The zero-order valence-electron chi connectivity index (χ0n) is 12.1. The summed E-state index contributed by atoms with van der Waals surface area (Å²) in [5.74, 6) is 1.60. The molecule has 0 amide bonds. The molecule has 0 aliphatic carbocycles. The molecule has 1 aliphatic heterocycles. The van der Waals surface area contributed by atoms with Crippen LogP contribution in [0, 0.1) is 0 Å². The van der Waals surface area contributed by atoms with Crippen LogP contribution in [0.15, 0.2) is 18.2 Å². The maximum absolute atomic E-state index is 5.61. The van der Waals surface area contributed by atoms with Crippen LogP contribution in [-0.4, -0.2) is 36.5 Å². The molecule has 1 N–H and O–H groups in total. The standard InChI is InChI=1S/C15H19N3O2S/c1-2-16-7-3-4-14-17-18-15(21-14)11-5-6-12-13(10-11)20-9-8-19-12/h5-6,10,16H,2-4,7-9H2,1H3. The summed E-state index contributed by atoms with van der Waals surface area (Å²) in [4.78, 5) is 0. The van der Waals surface area contributed by atoms with E-state index in [1.165, 1.54) is 0 Å². The van der Waals surface area contributed by atoms with Crippen molar-refractivity contribution in [1.82, 2.24) is 15.5 Å². The molecule has 3 rings (SSSR count). The summed E-state index contributed by atoms with van der Waals surface area (Å²) in [6.45, 7) is 5.36. The number of nitrogens with zero attached hydrogens (tertiary/aromatic N) is 2. The van der Waals surface area contributed by atoms with Gasteiger partial charge in [-0.3, -0.25) is 0 Å². The summed E-state index contributed by atoms with van der Waals surface area (Å²) < 4.78 is 11.1. The third kappa shape index (κ3) is 3.51. The molecule has 1 aromatic carbocycles. The molecule has 6 heteroatoms. The van der Waals surface area contributed by atoms with Crippen LogP contribution in [0.25, 0.3) is 10.6 Å². The van der Waals surface area contributed by atoms with Crippen molar-refractivity contribution in [2.75, 3.05) is 26.3 Å². The highest BCUT2D eigenvalue weighted by molar-refractivity contribution is 7.14. The summed E-state index contributed by atoms with van der Waals surface area (Å²) in [6, 6.07) is 5.93. The highest BCUT2D eigenvalue weighted by atomic mass is 32.1. The minimum atomic E-state index is 0.599. The number of aryl methyl sites for hydroxylation is 1. The van der Waals surface area contributed by atoms with E-state index in [-0.39, 0.29) is 0 Å². The first-order valence-electron chi connectivity index (χ1n) is 7.30. The molecule has 5 nitrogen and oxygen atoms in total. The molecule has 21 heavy (non-hydrogen) atoms. The number of nitrogens with one attached hydrogen (secondary N) is 1. The van der Waals surface area contributed by atoms with Crippen molar-refractivity contribution >= 4 is 11.3 Å². The van der Waals surface area contributed by atoms with Crippen molar-refractivity contribution in [3.05, 3.63) is 23.2 Å². The molecule has 0 fully saturated rings. The van der Waals surface area contributed by atoms with E-state index in [0.29, 0.717) is 13.2 Å². The van der Waals surface area contributed by atoms with Crippen LogP contribution >= 0.6 is 11.3 Å². The zero-order chi connectivity index (χ0) is 14.5. The van der Waals surface area contributed by atoms with E-state index in [4.69, 9.17) is 9.47 Å². The number of hydrogen-bond donors (Lipinski definition) is 1. The summed E-state index contributed by atoms with van der Waals surface area (Å²) >= 11 is 1.65. The number of aromatic nitrogens is 2. The first-order chi connectivity index (χ1) is 10.4. The Balaban J connectivity index is 1.68. The SMILES string of the molecule is CCNCCCc1nnc(-c2ccc3c(c2)OCCO3)s1. The van der Waals surface area contributed by atoms with Crippen LogP contribution in [0.2, 0.25) is 0 Å². The van der Waals surface area contributed by atoms with E-state index in [9.17, 15) is 0 Å². The normalized spacial score (nSPS) is 13.4. The first-order valence-corrected chi connectivity index (χ1v) is 8.11. The molecule has 112 valence electrons. The second kappa shape index (κ2) is 6.87. The quantitative estimate of drug-likeness (QED) is 0.831.